The molecule has 0 unspecified atom stereocenters. The molecule has 0 spiro atoms. The highest BCUT2D eigenvalue weighted by molar-refractivity contribution is 5.79. The Morgan fingerprint density at radius 3 is 2.82 bits per heavy atom. The van der Waals surface area contributed by atoms with Crippen LogP contribution >= 0.6 is 0 Å². The molecule has 0 aliphatic carbocycles. The summed E-state index contributed by atoms with van der Waals surface area (Å²) in [7, 11) is 1.69. The molecule has 2 aliphatic heterocycles. The summed E-state index contributed by atoms with van der Waals surface area (Å²) in [5.74, 6) is 1.32. The second-order valence-corrected chi connectivity index (χ2v) is 6.21. The number of hydrogen-bond acceptors (Lipinski definition) is 3. The molecule has 0 N–H and O–H groups in total. The molecule has 0 radical (unpaired) electrons. The minimum atomic E-state index is 0.139. The molecule has 2 heterocycles. The van der Waals surface area contributed by atoms with Crippen LogP contribution < -0.4 is 4.74 Å². The molecule has 2 saturated heterocycles. The van der Waals surface area contributed by atoms with Crippen LogP contribution in [-0.2, 0) is 9.53 Å². The minimum absolute atomic E-state index is 0.139. The number of likely N-dealkylation sites (tertiary alicyclic amines) is 1. The maximum absolute atomic E-state index is 12.9. The number of carbonyl (C=O) groups excluding carboxylic acids is 1. The summed E-state index contributed by atoms with van der Waals surface area (Å²) in [6.45, 7) is 2.31. The summed E-state index contributed by atoms with van der Waals surface area (Å²) in [5, 5.41) is 0. The highest BCUT2D eigenvalue weighted by Crippen LogP contribution is 2.34. The minimum Gasteiger partial charge on any atom is -0.497 e. The highest BCUT2D eigenvalue weighted by Gasteiger charge is 2.33. The van der Waals surface area contributed by atoms with Gasteiger partial charge in [0.2, 0.25) is 5.91 Å². The lowest BCUT2D eigenvalue weighted by Gasteiger charge is -2.39. The molecule has 4 nitrogen and oxygen atoms in total. The first-order valence-corrected chi connectivity index (χ1v) is 8.32. The Labute approximate surface area is 132 Å². The third-order valence-electron chi connectivity index (χ3n) is 4.83. The first kappa shape index (κ1) is 15.3. The van der Waals surface area contributed by atoms with E-state index in [-0.39, 0.29) is 12.0 Å². The predicted octanol–water partition coefficient (Wildman–Crippen LogP) is 3.18. The normalized spacial score (nSPS) is 23.3. The van der Waals surface area contributed by atoms with Crippen molar-refractivity contribution in [3.8, 4) is 5.75 Å². The van der Waals surface area contributed by atoms with Gasteiger partial charge in [-0.15, -0.1) is 0 Å². The third-order valence-corrected chi connectivity index (χ3v) is 4.83. The number of methoxy groups -OCH3 is 1. The fourth-order valence-electron chi connectivity index (χ4n) is 3.57. The van der Waals surface area contributed by atoms with E-state index in [4.69, 9.17) is 9.47 Å². The van der Waals surface area contributed by atoms with Crippen molar-refractivity contribution < 1.29 is 14.3 Å². The van der Waals surface area contributed by atoms with Gasteiger partial charge < -0.3 is 14.4 Å². The number of ether oxygens (including phenoxy) is 2. The Balaban J connectivity index is 1.79. The molecule has 3 rings (SSSR count). The zero-order valence-electron chi connectivity index (χ0n) is 13.3. The van der Waals surface area contributed by atoms with Crippen LogP contribution in [-0.4, -0.2) is 37.7 Å². The van der Waals surface area contributed by atoms with Gasteiger partial charge in [-0.2, -0.15) is 0 Å². The summed E-state index contributed by atoms with van der Waals surface area (Å²) < 4.78 is 10.7. The van der Waals surface area contributed by atoms with E-state index in [1.807, 2.05) is 12.1 Å². The first-order valence-electron chi connectivity index (χ1n) is 8.32. The molecule has 120 valence electrons. The average Bonchev–Trinajstić information content (AvgIpc) is 2.62. The lowest BCUT2D eigenvalue weighted by atomic mass is 9.91. The summed E-state index contributed by atoms with van der Waals surface area (Å²) in [5.41, 5.74) is 1.19. The van der Waals surface area contributed by atoms with Crippen molar-refractivity contribution in [3.05, 3.63) is 29.8 Å². The molecule has 22 heavy (non-hydrogen) atoms. The lowest BCUT2D eigenvalue weighted by molar-refractivity contribution is -0.142. The van der Waals surface area contributed by atoms with Gasteiger partial charge in [-0.1, -0.05) is 12.1 Å². The van der Waals surface area contributed by atoms with Crippen molar-refractivity contribution in [2.75, 3.05) is 26.9 Å². The lowest BCUT2D eigenvalue weighted by Crippen LogP contribution is -2.43. The third kappa shape index (κ3) is 3.27. The molecule has 1 aromatic carbocycles. The van der Waals surface area contributed by atoms with Crippen LogP contribution in [0.15, 0.2) is 24.3 Å². The Morgan fingerprint density at radius 2 is 2.05 bits per heavy atom. The maximum atomic E-state index is 12.9. The molecule has 0 aromatic heterocycles. The van der Waals surface area contributed by atoms with Crippen LogP contribution in [0, 0.1) is 5.92 Å². The molecule has 1 atom stereocenters. The number of amides is 1. The summed E-state index contributed by atoms with van der Waals surface area (Å²) in [6, 6.07) is 8.35. The van der Waals surface area contributed by atoms with Gasteiger partial charge in [0.25, 0.3) is 0 Å². The maximum Gasteiger partial charge on any atom is 0.226 e. The molecule has 0 bridgehead atoms. The van der Waals surface area contributed by atoms with Gasteiger partial charge in [0.05, 0.1) is 13.2 Å². The number of benzene rings is 1. The summed E-state index contributed by atoms with van der Waals surface area (Å²) in [4.78, 5) is 15.0. The second kappa shape index (κ2) is 7.14. The van der Waals surface area contributed by atoms with Gasteiger partial charge in [-0.3, -0.25) is 4.79 Å². The smallest absolute Gasteiger partial charge is 0.226 e. The Kier molecular flexibility index (Phi) is 4.98. The van der Waals surface area contributed by atoms with E-state index in [1.165, 1.54) is 12.0 Å². The number of nitrogens with zero attached hydrogens (tertiary/aromatic N) is 1. The fourth-order valence-corrected chi connectivity index (χ4v) is 3.57. The molecule has 1 aromatic rings. The molecular weight excluding hydrogens is 278 g/mol. The predicted molar refractivity (Wildman–Crippen MR) is 84.8 cm³/mol. The number of carbonyl (C=O) groups is 1. The van der Waals surface area contributed by atoms with E-state index in [9.17, 15) is 4.79 Å². The van der Waals surface area contributed by atoms with Crippen molar-refractivity contribution in [3.63, 3.8) is 0 Å². The van der Waals surface area contributed by atoms with Crippen LogP contribution in [0.4, 0.5) is 0 Å². The second-order valence-electron chi connectivity index (χ2n) is 6.21. The Morgan fingerprint density at radius 1 is 1.23 bits per heavy atom. The topological polar surface area (TPSA) is 38.8 Å². The summed E-state index contributed by atoms with van der Waals surface area (Å²) >= 11 is 0. The van der Waals surface area contributed by atoms with Crippen molar-refractivity contribution in [1.29, 1.82) is 0 Å². The SMILES string of the molecule is COc1cccc([C@H]2CCCCN2C(=O)C2CCOCC2)c1. The van der Waals surface area contributed by atoms with Gasteiger partial charge in [0.1, 0.15) is 5.75 Å². The molecular formula is C18H25NO3. The van der Waals surface area contributed by atoms with Crippen LogP contribution in [0.3, 0.4) is 0 Å². The van der Waals surface area contributed by atoms with E-state index in [2.05, 4.69) is 17.0 Å². The van der Waals surface area contributed by atoms with E-state index >= 15 is 0 Å². The molecule has 2 aliphatic rings. The Bertz CT molecular complexity index is 511. The van der Waals surface area contributed by atoms with E-state index < -0.39 is 0 Å². The van der Waals surface area contributed by atoms with Crippen LogP contribution in [0.1, 0.15) is 43.7 Å². The fraction of sp³-hybridized carbons (Fsp3) is 0.611. The largest absolute Gasteiger partial charge is 0.497 e. The van der Waals surface area contributed by atoms with Gasteiger partial charge in [0.15, 0.2) is 0 Å². The van der Waals surface area contributed by atoms with E-state index in [1.54, 1.807) is 7.11 Å². The van der Waals surface area contributed by atoms with Gasteiger partial charge in [-0.05, 0) is 49.8 Å². The van der Waals surface area contributed by atoms with Crippen molar-refractivity contribution >= 4 is 5.91 Å². The molecule has 0 saturated carbocycles. The number of rotatable bonds is 3. The number of piperidine rings is 1. The van der Waals surface area contributed by atoms with Gasteiger partial charge in [-0.25, -0.2) is 0 Å². The monoisotopic (exact) mass is 303 g/mol. The first-order chi connectivity index (χ1) is 10.8. The standard InChI is InChI=1S/C18H25NO3/c1-21-16-6-4-5-15(13-16)17-7-2-3-10-19(17)18(20)14-8-11-22-12-9-14/h4-6,13-14,17H,2-3,7-12H2,1H3/t17-/m1/s1. The average molecular weight is 303 g/mol. The zero-order chi connectivity index (χ0) is 15.4. The van der Waals surface area contributed by atoms with E-state index in [0.29, 0.717) is 19.1 Å². The van der Waals surface area contributed by atoms with E-state index in [0.717, 1.165) is 38.0 Å². The quantitative estimate of drug-likeness (QED) is 0.861. The van der Waals surface area contributed by atoms with Crippen LogP contribution in [0.5, 0.6) is 5.75 Å². The van der Waals surface area contributed by atoms with Crippen molar-refractivity contribution in [2.24, 2.45) is 5.92 Å². The summed E-state index contributed by atoms with van der Waals surface area (Å²) in [6.07, 6.45) is 5.05. The molecule has 4 heteroatoms. The van der Waals surface area contributed by atoms with Gasteiger partial charge in [0, 0.05) is 25.7 Å². The van der Waals surface area contributed by atoms with Crippen molar-refractivity contribution in [1.82, 2.24) is 4.90 Å². The molecule has 1 amide bonds. The zero-order valence-corrected chi connectivity index (χ0v) is 13.3. The highest BCUT2D eigenvalue weighted by atomic mass is 16.5. The van der Waals surface area contributed by atoms with Crippen molar-refractivity contribution in [2.45, 2.75) is 38.1 Å². The van der Waals surface area contributed by atoms with Gasteiger partial charge >= 0.3 is 0 Å². The van der Waals surface area contributed by atoms with Crippen LogP contribution in [0.2, 0.25) is 0 Å². The van der Waals surface area contributed by atoms with Crippen LogP contribution in [0.25, 0.3) is 0 Å². The Hall–Kier alpha value is -1.55. The molecule has 2 fully saturated rings. The number of hydrogen-bond donors (Lipinski definition) is 0.